The van der Waals surface area contributed by atoms with Crippen LogP contribution in [-0.4, -0.2) is 57.2 Å². The molecule has 1 saturated heterocycles. The Bertz CT molecular complexity index is 1250. The van der Waals surface area contributed by atoms with Gasteiger partial charge >= 0.3 is 6.09 Å². The van der Waals surface area contributed by atoms with Crippen LogP contribution >= 0.6 is 0 Å². The molecule has 0 radical (unpaired) electrons. The third kappa shape index (κ3) is 6.23. The van der Waals surface area contributed by atoms with E-state index in [4.69, 9.17) is 4.74 Å². The number of rotatable bonds is 6. The van der Waals surface area contributed by atoms with Crippen molar-refractivity contribution < 1.29 is 9.53 Å². The summed E-state index contributed by atoms with van der Waals surface area (Å²) in [4.78, 5) is 33.2. The Morgan fingerprint density at radius 1 is 1.08 bits per heavy atom. The van der Waals surface area contributed by atoms with E-state index in [0.29, 0.717) is 19.6 Å². The van der Waals surface area contributed by atoms with E-state index in [1.54, 1.807) is 15.5 Å². The number of anilines is 1. The van der Waals surface area contributed by atoms with Crippen LogP contribution in [0.5, 0.6) is 0 Å². The maximum Gasteiger partial charge on any atom is 0.410 e. The van der Waals surface area contributed by atoms with E-state index in [0.717, 1.165) is 41.9 Å². The molecule has 0 saturated carbocycles. The largest absolute Gasteiger partial charge is 0.444 e. The van der Waals surface area contributed by atoms with E-state index in [9.17, 15) is 9.59 Å². The van der Waals surface area contributed by atoms with Crippen LogP contribution in [0.1, 0.15) is 51.8 Å². The van der Waals surface area contributed by atoms with E-state index < -0.39 is 5.60 Å². The van der Waals surface area contributed by atoms with Gasteiger partial charge < -0.3 is 19.5 Å². The number of hydrogen-bond donors (Lipinski definition) is 1. The minimum absolute atomic E-state index is 0.00274. The highest BCUT2D eigenvalue weighted by Crippen LogP contribution is 2.22. The lowest BCUT2D eigenvalue weighted by Crippen LogP contribution is -2.49. The third-order valence-corrected chi connectivity index (χ3v) is 6.46. The molecule has 8 nitrogen and oxygen atoms in total. The van der Waals surface area contributed by atoms with Gasteiger partial charge in [0.2, 0.25) is 0 Å². The van der Waals surface area contributed by atoms with Crippen molar-refractivity contribution in [1.29, 1.82) is 0 Å². The second-order valence-electron chi connectivity index (χ2n) is 10.4. The number of benzene rings is 1. The van der Waals surface area contributed by atoms with Gasteiger partial charge in [-0.15, -0.1) is 0 Å². The number of amides is 1. The van der Waals surface area contributed by atoms with Crippen LogP contribution < -0.4 is 10.9 Å². The average molecular weight is 492 g/mol. The van der Waals surface area contributed by atoms with Gasteiger partial charge in [0.25, 0.3) is 5.56 Å². The number of piperazine rings is 1. The van der Waals surface area contributed by atoms with Gasteiger partial charge in [-0.2, -0.15) is 0 Å². The first-order chi connectivity index (χ1) is 17.1. The van der Waals surface area contributed by atoms with Gasteiger partial charge in [0.15, 0.2) is 0 Å². The van der Waals surface area contributed by atoms with Gasteiger partial charge in [-0.25, -0.2) is 9.78 Å². The van der Waals surface area contributed by atoms with Crippen molar-refractivity contribution in [3.63, 3.8) is 0 Å². The van der Waals surface area contributed by atoms with Crippen molar-refractivity contribution in [2.45, 2.75) is 59.4 Å². The number of hydrogen-bond acceptors (Lipinski definition) is 6. The number of ether oxygens (including phenoxy) is 1. The number of nitrogens with one attached hydrogen (secondary N) is 1. The second-order valence-corrected chi connectivity index (χ2v) is 10.4. The molecular weight excluding hydrogens is 454 g/mol. The van der Waals surface area contributed by atoms with Gasteiger partial charge in [0.1, 0.15) is 11.4 Å². The first-order valence-corrected chi connectivity index (χ1v) is 12.7. The highest BCUT2D eigenvalue weighted by molar-refractivity contribution is 5.80. The van der Waals surface area contributed by atoms with Crippen LogP contribution in [-0.2, 0) is 17.8 Å². The summed E-state index contributed by atoms with van der Waals surface area (Å²) in [6, 6.07) is 14.0. The Balaban J connectivity index is 1.33. The SMILES string of the molecule is CCn1c(=O)ccc2cnc(NC(C)c3ccc(CN4CCN(C(=O)OC(C)(C)C)CC4)cc3)cc21. The van der Waals surface area contributed by atoms with E-state index in [1.165, 1.54) is 5.56 Å². The lowest BCUT2D eigenvalue weighted by molar-refractivity contribution is 0.0139. The van der Waals surface area contributed by atoms with Crippen LogP contribution in [0.25, 0.3) is 10.9 Å². The molecule has 3 heterocycles. The molecule has 36 heavy (non-hydrogen) atoms. The molecule has 192 valence electrons. The molecule has 1 atom stereocenters. The Morgan fingerprint density at radius 2 is 1.78 bits per heavy atom. The van der Waals surface area contributed by atoms with E-state index >= 15 is 0 Å². The zero-order valence-electron chi connectivity index (χ0n) is 22.0. The molecule has 0 bridgehead atoms. The monoisotopic (exact) mass is 491 g/mol. The van der Waals surface area contributed by atoms with Crippen LogP contribution in [0.3, 0.4) is 0 Å². The number of carbonyl (C=O) groups excluding carboxylic acids is 1. The molecule has 2 aromatic heterocycles. The van der Waals surface area contributed by atoms with E-state index in [1.807, 2.05) is 46.0 Å². The summed E-state index contributed by atoms with van der Waals surface area (Å²) in [6.45, 7) is 14.2. The Labute approximate surface area is 212 Å². The van der Waals surface area contributed by atoms with Crippen molar-refractivity contribution in [2.75, 3.05) is 31.5 Å². The summed E-state index contributed by atoms with van der Waals surface area (Å²) in [5.74, 6) is 0.745. The molecule has 0 spiro atoms. The Morgan fingerprint density at radius 3 is 2.42 bits per heavy atom. The summed E-state index contributed by atoms with van der Waals surface area (Å²) in [7, 11) is 0. The predicted molar refractivity (Wildman–Crippen MR) is 143 cm³/mol. The van der Waals surface area contributed by atoms with Gasteiger partial charge in [0, 0.05) is 69.0 Å². The quantitative estimate of drug-likeness (QED) is 0.541. The molecule has 1 aromatic carbocycles. The van der Waals surface area contributed by atoms with Gasteiger partial charge in [-0.3, -0.25) is 9.69 Å². The van der Waals surface area contributed by atoms with Crippen molar-refractivity contribution in [2.24, 2.45) is 0 Å². The number of pyridine rings is 2. The van der Waals surface area contributed by atoms with Gasteiger partial charge in [-0.1, -0.05) is 24.3 Å². The van der Waals surface area contributed by atoms with E-state index in [-0.39, 0.29) is 17.7 Å². The zero-order valence-corrected chi connectivity index (χ0v) is 22.0. The summed E-state index contributed by atoms with van der Waals surface area (Å²) in [5.41, 5.74) is 2.82. The second kappa shape index (κ2) is 10.7. The number of nitrogens with zero attached hydrogens (tertiary/aromatic N) is 4. The zero-order chi connectivity index (χ0) is 25.9. The summed E-state index contributed by atoms with van der Waals surface area (Å²) in [6.07, 6.45) is 1.58. The summed E-state index contributed by atoms with van der Waals surface area (Å²) in [5, 5.41) is 4.42. The van der Waals surface area contributed by atoms with Crippen molar-refractivity contribution in [3.05, 3.63) is 70.1 Å². The minimum atomic E-state index is -0.468. The fourth-order valence-electron chi connectivity index (χ4n) is 4.48. The van der Waals surface area contributed by atoms with Gasteiger partial charge in [0.05, 0.1) is 5.52 Å². The maximum atomic E-state index is 12.3. The first kappa shape index (κ1) is 25.7. The smallest absolute Gasteiger partial charge is 0.410 e. The van der Waals surface area contributed by atoms with E-state index in [2.05, 4.69) is 46.4 Å². The summed E-state index contributed by atoms with van der Waals surface area (Å²) < 4.78 is 7.25. The highest BCUT2D eigenvalue weighted by Gasteiger charge is 2.25. The van der Waals surface area contributed by atoms with Gasteiger partial charge in [-0.05, 0) is 51.8 Å². The molecule has 1 N–H and O–H groups in total. The molecular formula is C28H37N5O3. The average Bonchev–Trinajstić information content (AvgIpc) is 2.84. The fraction of sp³-hybridized carbons (Fsp3) is 0.464. The predicted octanol–water partition coefficient (Wildman–Crippen LogP) is 4.64. The normalized spacial score (nSPS) is 15.6. The maximum absolute atomic E-state index is 12.3. The fourth-order valence-corrected chi connectivity index (χ4v) is 4.48. The topological polar surface area (TPSA) is 79.7 Å². The molecule has 4 rings (SSSR count). The summed E-state index contributed by atoms with van der Waals surface area (Å²) >= 11 is 0. The highest BCUT2D eigenvalue weighted by atomic mass is 16.6. The number of carbonyl (C=O) groups is 1. The molecule has 1 amide bonds. The third-order valence-electron chi connectivity index (χ3n) is 6.46. The number of fused-ring (bicyclic) bond motifs is 1. The number of aromatic nitrogens is 2. The van der Waals surface area contributed by atoms with Crippen LogP contribution in [0.4, 0.5) is 10.6 Å². The molecule has 1 aliphatic heterocycles. The molecule has 1 fully saturated rings. The molecule has 8 heteroatoms. The Kier molecular flexibility index (Phi) is 7.64. The molecule has 1 aliphatic rings. The first-order valence-electron chi connectivity index (χ1n) is 12.7. The lowest BCUT2D eigenvalue weighted by atomic mass is 10.1. The van der Waals surface area contributed by atoms with Crippen molar-refractivity contribution >= 4 is 22.8 Å². The molecule has 3 aromatic rings. The van der Waals surface area contributed by atoms with Crippen molar-refractivity contribution in [3.8, 4) is 0 Å². The Hall–Kier alpha value is -3.39. The number of aryl methyl sites for hydroxylation is 1. The van der Waals surface area contributed by atoms with Crippen LogP contribution in [0.15, 0.2) is 53.5 Å². The van der Waals surface area contributed by atoms with Crippen LogP contribution in [0, 0.1) is 0 Å². The minimum Gasteiger partial charge on any atom is -0.444 e. The van der Waals surface area contributed by atoms with Crippen molar-refractivity contribution in [1.82, 2.24) is 19.4 Å². The molecule has 0 aliphatic carbocycles. The molecule has 1 unspecified atom stereocenters. The lowest BCUT2D eigenvalue weighted by Gasteiger charge is -2.35. The van der Waals surface area contributed by atoms with Crippen LogP contribution in [0.2, 0.25) is 0 Å². The standard InChI is InChI=1S/C28H37N5O3/c1-6-33-24-17-25(29-18-23(24)11-12-26(33)34)30-20(2)22-9-7-21(8-10-22)19-31-13-15-32(16-14-31)27(35)36-28(3,4)5/h7-12,17-18,20H,6,13-16,19H2,1-5H3,(H,29,30).